The van der Waals surface area contributed by atoms with Crippen molar-refractivity contribution in [2.45, 2.75) is 19.1 Å². The molecule has 6 heterocycles. The Morgan fingerprint density at radius 3 is 2.71 bits per heavy atom. The van der Waals surface area contributed by atoms with E-state index in [1.807, 2.05) is 18.6 Å². The number of pyridine rings is 1. The van der Waals surface area contributed by atoms with Gasteiger partial charge in [0.15, 0.2) is 6.29 Å². The summed E-state index contributed by atoms with van der Waals surface area (Å²) in [4.78, 5) is 22.9. The third-order valence-electron chi connectivity index (χ3n) is 6.90. The number of hydrogen-bond acceptors (Lipinski definition) is 6. The number of nitrogens with zero attached hydrogens (tertiary/aromatic N) is 7. The van der Waals surface area contributed by atoms with Crippen LogP contribution in [0.3, 0.4) is 0 Å². The van der Waals surface area contributed by atoms with Crippen LogP contribution in [0.25, 0.3) is 5.65 Å². The first-order chi connectivity index (χ1) is 15.4. The molecule has 0 spiro atoms. The molecule has 8 heteroatoms. The van der Waals surface area contributed by atoms with E-state index >= 15 is 0 Å². The summed E-state index contributed by atoms with van der Waals surface area (Å²) < 4.78 is 2.18. The Morgan fingerprint density at radius 1 is 0.968 bits per heavy atom. The van der Waals surface area contributed by atoms with Crippen LogP contribution >= 0.6 is 0 Å². The van der Waals surface area contributed by atoms with Crippen molar-refractivity contribution in [2.75, 3.05) is 62.2 Å². The van der Waals surface area contributed by atoms with Gasteiger partial charge in [0.2, 0.25) is 0 Å². The lowest BCUT2D eigenvalue weighted by Gasteiger charge is -2.44. The van der Waals surface area contributed by atoms with Crippen LogP contribution in [-0.2, 0) is 0 Å². The molecule has 0 amide bonds. The minimum atomic E-state index is 0.0694. The Labute approximate surface area is 182 Å². The average molecular weight is 419 g/mol. The number of aliphatic imine (C=N–C) groups is 1. The molecule has 3 aromatic heterocycles. The molecule has 8 nitrogen and oxygen atoms in total. The molecule has 1 unspecified atom stereocenters. The number of imidazole rings is 1. The van der Waals surface area contributed by atoms with Crippen LogP contribution in [0.2, 0.25) is 0 Å². The number of likely N-dealkylation sites (tertiary alicyclic amines) is 1. The number of fused-ring (bicyclic) bond motifs is 2. The number of H-pyrrole nitrogens is 1. The van der Waals surface area contributed by atoms with E-state index in [0.717, 1.165) is 44.9 Å². The van der Waals surface area contributed by atoms with Crippen molar-refractivity contribution < 1.29 is 0 Å². The molecule has 0 bridgehead atoms. The van der Waals surface area contributed by atoms with Crippen LogP contribution in [0.4, 0.5) is 11.6 Å². The number of hydrogen-bond donors (Lipinski definition) is 1. The maximum Gasteiger partial charge on any atom is 0.179 e. The second-order valence-electron chi connectivity index (χ2n) is 8.71. The number of nitrogens with one attached hydrogen (secondary N) is 1. The van der Waals surface area contributed by atoms with Crippen molar-refractivity contribution in [3.05, 3.63) is 48.4 Å². The molecule has 6 rings (SSSR count). The Kier molecular flexibility index (Phi) is 4.88. The van der Waals surface area contributed by atoms with Crippen LogP contribution in [0.5, 0.6) is 0 Å². The first-order valence-corrected chi connectivity index (χ1v) is 11.5. The van der Waals surface area contributed by atoms with E-state index in [9.17, 15) is 0 Å². The summed E-state index contributed by atoms with van der Waals surface area (Å²) in [7, 11) is 0. The highest BCUT2D eigenvalue weighted by atomic mass is 15.5. The molecule has 2 saturated heterocycles. The highest BCUT2D eigenvalue weighted by Crippen LogP contribution is 2.27. The monoisotopic (exact) mass is 418 g/mol. The maximum atomic E-state index is 4.99. The second-order valence-corrected chi connectivity index (χ2v) is 8.71. The molecule has 3 aliphatic rings. The van der Waals surface area contributed by atoms with Crippen molar-refractivity contribution in [3.63, 3.8) is 0 Å². The Bertz CT molecular complexity index is 1050. The minimum Gasteiger partial charge on any atom is -0.355 e. The predicted octanol–water partition coefficient (Wildman–Crippen LogP) is 2.10. The number of aromatic nitrogens is 3. The normalized spacial score (nSPS) is 22.5. The summed E-state index contributed by atoms with van der Waals surface area (Å²) in [6.45, 7) is 8.53. The lowest BCUT2D eigenvalue weighted by atomic mass is 10.2. The minimum absolute atomic E-state index is 0.0694. The number of anilines is 2. The van der Waals surface area contributed by atoms with Gasteiger partial charge < -0.3 is 19.7 Å². The fourth-order valence-electron chi connectivity index (χ4n) is 5.21. The summed E-state index contributed by atoms with van der Waals surface area (Å²) >= 11 is 0. The van der Waals surface area contributed by atoms with Crippen molar-refractivity contribution in [1.29, 1.82) is 0 Å². The lowest BCUT2D eigenvalue weighted by molar-refractivity contribution is 0.179. The van der Waals surface area contributed by atoms with Gasteiger partial charge in [-0.25, -0.2) is 4.98 Å². The van der Waals surface area contributed by atoms with Gasteiger partial charge in [0.25, 0.3) is 0 Å². The largest absolute Gasteiger partial charge is 0.355 e. The quantitative estimate of drug-likeness (QED) is 0.688. The molecular weight excluding hydrogens is 388 g/mol. The predicted molar refractivity (Wildman–Crippen MR) is 124 cm³/mol. The van der Waals surface area contributed by atoms with Crippen LogP contribution in [-0.4, -0.2) is 89.0 Å². The molecule has 0 saturated carbocycles. The SMILES string of the molecule is C1=NC(N2CCN(c3cccc4nccn34)CC2)N(CCN2CCCC2)c2[nH]ccc21. The maximum absolute atomic E-state index is 4.99. The zero-order valence-electron chi connectivity index (χ0n) is 17.9. The van der Waals surface area contributed by atoms with Crippen LogP contribution in [0, 0.1) is 0 Å². The van der Waals surface area contributed by atoms with Gasteiger partial charge in [0.05, 0.1) is 0 Å². The molecule has 162 valence electrons. The van der Waals surface area contributed by atoms with E-state index in [0.29, 0.717) is 0 Å². The summed E-state index contributed by atoms with van der Waals surface area (Å²) in [5.74, 6) is 2.43. The second kappa shape index (κ2) is 8.01. The number of rotatable bonds is 5. The molecule has 31 heavy (non-hydrogen) atoms. The van der Waals surface area contributed by atoms with Crippen LogP contribution in [0.15, 0.2) is 47.8 Å². The molecular formula is C23H30N8. The zero-order chi connectivity index (χ0) is 20.6. The van der Waals surface area contributed by atoms with E-state index < -0.39 is 0 Å². The van der Waals surface area contributed by atoms with E-state index in [-0.39, 0.29) is 6.29 Å². The average Bonchev–Trinajstić information content (AvgIpc) is 3.58. The number of piperazine rings is 1. The Morgan fingerprint density at radius 2 is 1.84 bits per heavy atom. The van der Waals surface area contributed by atoms with E-state index in [4.69, 9.17) is 4.99 Å². The highest BCUT2D eigenvalue weighted by molar-refractivity contribution is 5.89. The first-order valence-electron chi connectivity index (χ1n) is 11.5. The van der Waals surface area contributed by atoms with E-state index in [1.54, 1.807) is 0 Å². The summed E-state index contributed by atoms with van der Waals surface area (Å²) in [6, 6.07) is 8.48. The molecule has 0 radical (unpaired) electrons. The summed E-state index contributed by atoms with van der Waals surface area (Å²) in [5.41, 5.74) is 2.20. The van der Waals surface area contributed by atoms with E-state index in [1.165, 1.54) is 43.1 Å². The molecule has 0 aliphatic carbocycles. The Hall–Kier alpha value is -2.84. The first kappa shape index (κ1) is 18.9. The smallest absolute Gasteiger partial charge is 0.179 e. The van der Waals surface area contributed by atoms with Crippen LogP contribution in [0.1, 0.15) is 18.4 Å². The fraction of sp³-hybridized carbons (Fsp3) is 0.478. The van der Waals surface area contributed by atoms with E-state index in [2.05, 4.69) is 64.4 Å². The van der Waals surface area contributed by atoms with Gasteiger partial charge in [0.1, 0.15) is 17.3 Å². The topological polar surface area (TPSA) is 58.4 Å². The van der Waals surface area contributed by atoms with Crippen molar-refractivity contribution in [2.24, 2.45) is 4.99 Å². The third-order valence-corrected chi connectivity index (χ3v) is 6.90. The molecule has 1 atom stereocenters. The van der Waals surface area contributed by atoms with Crippen molar-refractivity contribution in [1.82, 2.24) is 24.2 Å². The molecule has 0 aromatic carbocycles. The van der Waals surface area contributed by atoms with Gasteiger partial charge in [-0.05, 0) is 44.1 Å². The third kappa shape index (κ3) is 3.49. The van der Waals surface area contributed by atoms with Gasteiger partial charge in [0, 0.05) is 69.6 Å². The van der Waals surface area contributed by atoms with Gasteiger partial charge in [-0.15, -0.1) is 0 Å². The summed E-state index contributed by atoms with van der Waals surface area (Å²) in [6.07, 6.45) is 10.7. The van der Waals surface area contributed by atoms with Crippen molar-refractivity contribution >= 4 is 23.5 Å². The lowest BCUT2D eigenvalue weighted by Crippen LogP contribution is -2.57. The van der Waals surface area contributed by atoms with Gasteiger partial charge >= 0.3 is 0 Å². The molecule has 3 aromatic rings. The van der Waals surface area contributed by atoms with Crippen LogP contribution < -0.4 is 9.80 Å². The molecule has 1 N–H and O–H groups in total. The number of aromatic amines is 1. The standard InChI is InChI=1S/C23H30N8/c1-2-10-27(9-1)12-17-31-22-19(6-7-25-22)18-26-23(31)29-15-13-28(14-16-29)21-5-3-4-20-24-8-11-30(20)21/h3-8,11,18,23,25H,1-2,9-10,12-17H2. The molecule has 2 fully saturated rings. The zero-order valence-corrected chi connectivity index (χ0v) is 17.9. The molecule has 3 aliphatic heterocycles. The summed E-state index contributed by atoms with van der Waals surface area (Å²) in [5, 5.41) is 0. The van der Waals surface area contributed by atoms with Gasteiger partial charge in [-0.1, -0.05) is 6.07 Å². The Balaban J connectivity index is 1.17. The fourth-order valence-corrected chi connectivity index (χ4v) is 5.21. The van der Waals surface area contributed by atoms with Gasteiger partial charge in [-0.2, -0.15) is 0 Å². The van der Waals surface area contributed by atoms with Gasteiger partial charge in [-0.3, -0.25) is 14.3 Å². The highest BCUT2D eigenvalue weighted by Gasteiger charge is 2.32. The van der Waals surface area contributed by atoms with Crippen molar-refractivity contribution in [3.8, 4) is 0 Å².